The molecule has 3 aromatic rings. The predicted octanol–water partition coefficient (Wildman–Crippen LogP) is 6.09. The molecule has 0 spiro atoms. The summed E-state index contributed by atoms with van der Waals surface area (Å²) in [7, 11) is 0. The van der Waals surface area contributed by atoms with Crippen molar-refractivity contribution in [2.45, 2.75) is 90.1 Å². The summed E-state index contributed by atoms with van der Waals surface area (Å²) in [5.74, 6) is 0.674. The number of rotatable bonds is 8. The number of H-pyrrole nitrogens is 1. The number of likely N-dealkylation sites (tertiary alicyclic amines) is 1. The predicted molar refractivity (Wildman–Crippen MR) is 183 cm³/mol. The normalized spacial score (nSPS) is 22.7. The van der Waals surface area contributed by atoms with Gasteiger partial charge >= 0.3 is 0 Å². The maximum atomic E-state index is 14.2. The van der Waals surface area contributed by atoms with Gasteiger partial charge < -0.3 is 24.4 Å². The van der Waals surface area contributed by atoms with Crippen LogP contribution in [-0.4, -0.2) is 95.3 Å². The van der Waals surface area contributed by atoms with Crippen molar-refractivity contribution in [2.24, 2.45) is 5.92 Å². The average molecular weight is 645 g/mol. The van der Waals surface area contributed by atoms with Crippen molar-refractivity contribution in [3.63, 3.8) is 0 Å². The molecule has 4 fully saturated rings. The smallest absolute Gasteiger partial charge is 0.233 e. The van der Waals surface area contributed by atoms with Gasteiger partial charge in [-0.2, -0.15) is 0 Å². The highest BCUT2D eigenvalue weighted by Gasteiger charge is 2.47. The first kappa shape index (κ1) is 31.6. The third-order valence-electron chi connectivity index (χ3n) is 11.0. The maximum Gasteiger partial charge on any atom is 0.233 e. The molecule has 6 heterocycles. The van der Waals surface area contributed by atoms with Crippen LogP contribution < -0.4 is 0 Å². The lowest BCUT2D eigenvalue weighted by Gasteiger charge is -2.35. The molecule has 9 heteroatoms. The molecular formula is C37H48N4O4S. The van der Waals surface area contributed by atoms with Crippen molar-refractivity contribution >= 4 is 39.2 Å². The third-order valence-corrected chi connectivity index (χ3v) is 12.4. The zero-order valence-electron chi connectivity index (χ0n) is 27.8. The number of piperidine rings is 1. The van der Waals surface area contributed by atoms with Crippen LogP contribution in [0.3, 0.4) is 0 Å². The van der Waals surface area contributed by atoms with Crippen molar-refractivity contribution in [1.82, 2.24) is 19.7 Å². The number of thiophene rings is 1. The molecule has 0 unspecified atom stereocenters. The van der Waals surface area contributed by atoms with E-state index < -0.39 is 5.41 Å². The van der Waals surface area contributed by atoms with Gasteiger partial charge in [-0.25, -0.2) is 0 Å². The molecule has 1 aromatic carbocycles. The number of hydrogen-bond acceptors (Lipinski definition) is 6. The van der Waals surface area contributed by atoms with Crippen LogP contribution in [0, 0.1) is 19.8 Å². The number of amides is 2. The Morgan fingerprint density at radius 2 is 1.52 bits per heavy atom. The Morgan fingerprint density at radius 3 is 2.15 bits per heavy atom. The Hall–Kier alpha value is -3.01. The number of aryl methyl sites for hydroxylation is 2. The first-order valence-corrected chi connectivity index (χ1v) is 18.1. The number of nitrogens with zero attached hydrogens (tertiary/aromatic N) is 3. The van der Waals surface area contributed by atoms with Gasteiger partial charge in [0.1, 0.15) is 4.83 Å². The van der Waals surface area contributed by atoms with Gasteiger partial charge in [-0.1, -0.05) is 17.2 Å². The lowest BCUT2D eigenvalue weighted by Crippen LogP contribution is -2.47. The van der Waals surface area contributed by atoms with E-state index >= 15 is 0 Å². The van der Waals surface area contributed by atoms with E-state index in [9.17, 15) is 14.4 Å². The van der Waals surface area contributed by atoms with E-state index in [4.69, 9.17) is 4.74 Å². The van der Waals surface area contributed by atoms with Crippen LogP contribution in [0.4, 0.5) is 0 Å². The van der Waals surface area contributed by atoms with Gasteiger partial charge in [0.25, 0.3) is 0 Å². The van der Waals surface area contributed by atoms with Crippen LogP contribution in [0.15, 0.2) is 24.3 Å². The Kier molecular flexibility index (Phi) is 8.61. The Balaban J connectivity index is 1.11. The van der Waals surface area contributed by atoms with E-state index in [1.807, 2.05) is 4.90 Å². The largest absolute Gasteiger partial charge is 0.378 e. The highest BCUT2D eigenvalue weighted by molar-refractivity contribution is 7.19. The topological polar surface area (TPSA) is 86.0 Å². The summed E-state index contributed by atoms with van der Waals surface area (Å²) in [5, 5.41) is 0.930. The van der Waals surface area contributed by atoms with E-state index in [2.05, 4.69) is 66.7 Å². The van der Waals surface area contributed by atoms with Crippen molar-refractivity contribution in [3.8, 4) is 11.3 Å². The minimum absolute atomic E-state index is 0.0663. The minimum atomic E-state index is -0.654. The second-order valence-corrected chi connectivity index (χ2v) is 15.7. The molecule has 7 rings (SSSR count). The molecule has 46 heavy (non-hydrogen) atoms. The summed E-state index contributed by atoms with van der Waals surface area (Å²) < 4.78 is 5.42. The summed E-state index contributed by atoms with van der Waals surface area (Å²) in [6.07, 6.45) is 6.58. The Morgan fingerprint density at radius 1 is 0.891 bits per heavy atom. The second kappa shape index (κ2) is 12.5. The summed E-state index contributed by atoms with van der Waals surface area (Å²) >= 11 is 1.62. The lowest BCUT2D eigenvalue weighted by atomic mass is 9.88. The van der Waals surface area contributed by atoms with Crippen molar-refractivity contribution in [2.75, 3.05) is 45.9 Å². The standard InChI is InChI=1S/C37H48N4O4S/c1-23-19-24(2)21-26(20-23)33-32(30(42)11-14-39-12-9-25(10-13-39)35(43)40-15-17-45-18-16-40)29-22-31(46-34(29)38-33)37(3,4)36(44)41-27-5-6-28(41)8-7-27/h19-22,25,27-28,38H,5-18H2,1-4H3. The van der Waals surface area contributed by atoms with Crippen LogP contribution in [0.25, 0.3) is 21.5 Å². The van der Waals surface area contributed by atoms with Gasteiger partial charge in [0.15, 0.2) is 5.78 Å². The third kappa shape index (κ3) is 5.84. The van der Waals surface area contributed by atoms with Crippen LogP contribution in [0.2, 0.25) is 0 Å². The van der Waals surface area contributed by atoms with Gasteiger partial charge in [-0.15, -0.1) is 11.3 Å². The first-order chi connectivity index (χ1) is 22.1. The summed E-state index contributed by atoms with van der Waals surface area (Å²) in [4.78, 5) is 53.3. The van der Waals surface area contributed by atoms with Gasteiger partial charge in [-0.05, 0) is 103 Å². The number of nitrogens with one attached hydrogen (secondary N) is 1. The number of aromatic nitrogens is 1. The summed E-state index contributed by atoms with van der Waals surface area (Å²) in [6.45, 7) is 13.3. The maximum absolute atomic E-state index is 14.2. The Labute approximate surface area is 276 Å². The molecule has 8 nitrogen and oxygen atoms in total. The van der Waals surface area contributed by atoms with Crippen LogP contribution in [0.5, 0.6) is 0 Å². The van der Waals surface area contributed by atoms with Gasteiger partial charge in [0, 0.05) is 54.3 Å². The highest BCUT2D eigenvalue weighted by atomic mass is 32.1. The zero-order valence-corrected chi connectivity index (χ0v) is 28.6. The zero-order chi connectivity index (χ0) is 32.2. The number of Topliss-reactive ketones (excluding diaryl/α,β-unsaturated/α-hetero) is 1. The van der Waals surface area contributed by atoms with Crippen molar-refractivity contribution in [1.29, 1.82) is 0 Å². The van der Waals surface area contributed by atoms with E-state index in [1.165, 1.54) is 0 Å². The SMILES string of the molecule is Cc1cc(C)cc(-c2[nH]c3sc(C(C)(C)C(=O)N4C5CCC4CC5)cc3c2C(=O)CCN2CCC(C(=O)N3CCOCC3)CC2)c1. The first-order valence-electron chi connectivity index (χ1n) is 17.3. The molecular weight excluding hydrogens is 596 g/mol. The number of carbonyl (C=O) groups is 3. The Bertz CT molecular complexity index is 1600. The fraction of sp³-hybridized carbons (Fsp3) is 0.595. The molecule has 0 radical (unpaired) electrons. The second-order valence-electron chi connectivity index (χ2n) is 14.6. The van der Waals surface area contributed by atoms with Crippen LogP contribution in [-0.2, 0) is 19.7 Å². The molecule has 4 aliphatic heterocycles. The van der Waals surface area contributed by atoms with E-state index in [0.29, 0.717) is 51.4 Å². The number of morpholine rings is 1. The van der Waals surface area contributed by atoms with Gasteiger partial charge in [0.05, 0.1) is 29.9 Å². The summed E-state index contributed by atoms with van der Waals surface area (Å²) in [5.41, 5.74) is 4.31. The van der Waals surface area contributed by atoms with Crippen molar-refractivity contribution < 1.29 is 19.1 Å². The average Bonchev–Trinajstić information content (AvgIpc) is 3.83. The molecule has 4 saturated heterocycles. The fourth-order valence-electron chi connectivity index (χ4n) is 8.42. The molecule has 246 valence electrons. The lowest BCUT2D eigenvalue weighted by molar-refractivity contribution is -0.141. The number of fused-ring (bicyclic) bond motifs is 3. The molecule has 0 saturated carbocycles. The van der Waals surface area contributed by atoms with E-state index in [0.717, 1.165) is 94.7 Å². The molecule has 2 amide bonds. The van der Waals surface area contributed by atoms with Gasteiger partial charge in [-0.3, -0.25) is 14.4 Å². The molecule has 2 bridgehead atoms. The van der Waals surface area contributed by atoms with Crippen LogP contribution in [0.1, 0.15) is 85.2 Å². The molecule has 2 aromatic heterocycles. The van der Waals surface area contributed by atoms with Crippen molar-refractivity contribution in [3.05, 3.63) is 45.8 Å². The molecule has 0 aliphatic carbocycles. The monoisotopic (exact) mass is 644 g/mol. The summed E-state index contributed by atoms with van der Waals surface area (Å²) in [6, 6.07) is 9.34. The number of hydrogen-bond donors (Lipinski definition) is 1. The molecule has 0 atom stereocenters. The highest BCUT2D eigenvalue weighted by Crippen LogP contribution is 2.45. The van der Waals surface area contributed by atoms with Crippen LogP contribution >= 0.6 is 11.3 Å². The van der Waals surface area contributed by atoms with E-state index in [1.54, 1.807) is 11.3 Å². The molecule has 1 N–H and O–H groups in total. The fourth-order valence-corrected chi connectivity index (χ4v) is 9.58. The number of ketones is 1. The number of benzene rings is 1. The molecule has 4 aliphatic rings. The van der Waals surface area contributed by atoms with Gasteiger partial charge in [0.2, 0.25) is 11.8 Å². The number of ether oxygens (including phenoxy) is 1. The van der Waals surface area contributed by atoms with E-state index in [-0.39, 0.29) is 23.5 Å². The number of carbonyl (C=O) groups excluding carboxylic acids is 3. The quantitative estimate of drug-likeness (QED) is 0.300. The number of aromatic amines is 1. The minimum Gasteiger partial charge on any atom is -0.378 e.